The first-order chi connectivity index (χ1) is 8.20. The van der Waals surface area contributed by atoms with Gasteiger partial charge in [0.25, 0.3) is 0 Å². The van der Waals surface area contributed by atoms with Crippen LogP contribution < -0.4 is 5.73 Å². The summed E-state index contributed by atoms with van der Waals surface area (Å²) in [7, 11) is 0. The number of piperidine rings is 1. The number of nitrogens with zero attached hydrogens (tertiary/aromatic N) is 4. The van der Waals surface area contributed by atoms with Crippen LogP contribution in [-0.2, 0) is 11.3 Å². The molecule has 0 bridgehead atoms. The first kappa shape index (κ1) is 12.0. The van der Waals surface area contributed by atoms with Crippen molar-refractivity contribution in [2.45, 2.75) is 32.4 Å². The van der Waals surface area contributed by atoms with Crippen LogP contribution in [0.15, 0.2) is 12.4 Å². The summed E-state index contributed by atoms with van der Waals surface area (Å²) in [5, 5.41) is 7.50. The summed E-state index contributed by atoms with van der Waals surface area (Å²) in [5.41, 5.74) is 5.68. The molecule has 1 saturated heterocycles. The van der Waals surface area contributed by atoms with Gasteiger partial charge in [-0.2, -0.15) is 0 Å². The Kier molecular flexibility index (Phi) is 3.73. The third-order valence-corrected chi connectivity index (χ3v) is 3.40. The highest BCUT2D eigenvalue weighted by atomic mass is 16.2. The predicted octanol–water partition coefficient (Wildman–Crippen LogP) is -0.136. The van der Waals surface area contributed by atoms with E-state index in [2.05, 4.69) is 17.2 Å². The van der Waals surface area contributed by atoms with Gasteiger partial charge >= 0.3 is 0 Å². The van der Waals surface area contributed by atoms with Crippen molar-refractivity contribution in [2.24, 2.45) is 11.7 Å². The Morgan fingerprint density at radius 2 is 2.35 bits per heavy atom. The Bertz CT molecular complexity index is 364. The Morgan fingerprint density at radius 1 is 1.53 bits per heavy atom. The highest BCUT2D eigenvalue weighted by Crippen LogP contribution is 2.21. The monoisotopic (exact) mass is 237 g/mol. The average molecular weight is 237 g/mol. The van der Waals surface area contributed by atoms with Crippen LogP contribution in [0.3, 0.4) is 0 Å². The second kappa shape index (κ2) is 5.27. The fourth-order valence-electron chi connectivity index (χ4n) is 2.27. The summed E-state index contributed by atoms with van der Waals surface area (Å²) in [5.74, 6) is 0.534. The fraction of sp³-hybridized carbons (Fsp3) is 0.727. The number of aromatic nitrogens is 3. The number of carbonyl (C=O) groups excluding carboxylic acids is 1. The van der Waals surface area contributed by atoms with Crippen LogP contribution in [0, 0.1) is 5.92 Å². The van der Waals surface area contributed by atoms with Crippen LogP contribution >= 0.6 is 0 Å². The zero-order valence-corrected chi connectivity index (χ0v) is 10.1. The van der Waals surface area contributed by atoms with Gasteiger partial charge in [-0.05, 0) is 32.2 Å². The SMILES string of the molecule is CC1CCC(CN)CN1C(=O)Cn1ccnn1. The van der Waals surface area contributed by atoms with E-state index < -0.39 is 0 Å². The smallest absolute Gasteiger partial charge is 0.244 e. The standard InChI is InChI=1S/C11H19N5O/c1-9-2-3-10(6-12)7-16(9)11(17)8-15-5-4-13-14-15/h4-5,9-10H,2-3,6-8,12H2,1H3. The number of carbonyl (C=O) groups is 1. The summed E-state index contributed by atoms with van der Waals surface area (Å²) in [6, 6.07) is 0.300. The van der Waals surface area contributed by atoms with Crippen LogP contribution in [0.2, 0.25) is 0 Å². The molecule has 2 heterocycles. The molecule has 2 unspecified atom stereocenters. The number of likely N-dealkylation sites (tertiary alicyclic amines) is 1. The van der Waals surface area contributed by atoms with Gasteiger partial charge in [0.15, 0.2) is 0 Å². The van der Waals surface area contributed by atoms with Crippen LogP contribution in [0.1, 0.15) is 19.8 Å². The summed E-state index contributed by atoms with van der Waals surface area (Å²) < 4.78 is 1.56. The van der Waals surface area contributed by atoms with Gasteiger partial charge in [0.1, 0.15) is 6.54 Å². The van der Waals surface area contributed by atoms with Crippen molar-refractivity contribution in [2.75, 3.05) is 13.1 Å². The predicted molar refractivity (Wildman–Crippen MR) is 63.0 cm³/mol. The molecule has 0 saturated carbocycles. The van der Waals surface area contributed by atoms with E-state index >= 15 is 0 Å². The molecule has 1 amide bonds. The van der Waals surface area contributed by atoms with E-state index in [0.717, 1.165) is 19.4 Å². The molecule has 2 N–H and O–H groups in total. The van der Waals surface area contributed by atoms with E-state index in [0.29, 0.717) is 18.5 Å². The summed E-state index contributed by atoms with van der Waals surface area (Å²) in [6.45, 7) is 3.78. The highest BCUT2D eigenvalue weighted by Gasteiger charge is 2.28. The van der Waals surface area contributed by atoms with Crippen molar-refractivity contribution in [1.29, 1.82) is 0 Å². The van der Waals surface area contributed by atoms with Gasteiger partial charge in [0, 0.05) is 18.8 Å². The molecule has 1 fully saturated rings. The van der Waals surface area contributed by atoms with Gasteiger partial charge in [0.2, 0.25) is 5.91 Å². The maximum atomic E-state index is 12.1. The number of nitrogens with two attached hydrogens (primary N) is 1. The van der Waals surface area contributed by atoms with E-state index in [-0.39, 0.29) is 12.5 Å². The Morgan fingerprint density at radius 3 is 3.00 bits per heavy atom. The quantitative estimate of drug-likeness (QED) is 0.794. The largest absolute Gasteiger partial charge is 0.338 e. The van der Waals surface area contributed by atoms with Crippen molar-refractivity contribution in [3.63, 3.8) is 0 Å². The minimum Gasteiger partial charge on any atom is -0.338 e. The van der Waals surface area contributed by atoms with Gasteiger partial charge in [-0.15, -0.1) is 5.10 Å². The topological polar surface area (TPSA) is 77.0 Å². The van der Waals surface area contributed by atoms with Crippen molar-refractivity contribution in [3.8, 4) is 0 Å². The third-order valence-electron chi connectivity index (χ3n) is 3.40. The number of rotatable bonds is 3. The molecule has 94 valence electrons. The molecule has 2 atom stereocenters. The minimum absolute atomic E-state index is 0.0983. The van der Waals surface area contributed by atoms with Crippen LogP contribution in [-0.4, -0.2) is 44.9 Å². The molecule has 0 aliphatic carbocycles. The lowest BCUT2D eigenvalue weighted by Gasteiger charge is -2.37. The van der Waals surface area contributed by atoms with E-state index in [1.807, 2.05) is 4.90 Å². The molecule has 0 radical (unpaired) electrons. The van der Waals surface area contributed by atoms with Crippen molar-refractivity contribution in [1.82, 2.24) is 19.9 Å². The highest BCUT2D eigenvalue weighted by molar-refractivity contribution is 5.76. The van der Waals surface area contributed by atoms with Crippen molar-refractivity contribution in [3.05, 3.63) is 12.4 Å². The number of hydrogen-bond donors (Lipinski definition) is 1. The first-order valence-corrected chi connectivity index (χ1v) is 6.04. The van der Waals surface area contributed by atoms with Gasteiger partial charge in [-0.1, -0.05) is 5.21 Å². The number of amides is 1. The average Bonchev–Trinajstić information content (AvgIpc) is 2.82. The Balaban J connectivity index is 1.97. The molecule has 17 heavy (non-hydrogen) atoms. The molecule has 2 rings (SSSR count). The van der Waals surface area contributed by atoms with E-state index in [1.165, 1.54) is 0 Å². The summed E-state index contributed by atoms with van der Waals surface area (Å²) in [4.78, 5) is 14.1. The second-order valence-corrected chi connectivity index (χ2v) is 4.67. The third kappa shape index (κ3) is 2.82. The van der Waals surface area contributed by atoms with Crippen LogP contribution in [0.4, 0.5) is 0 Å². The molecular formula is C11H19N5O. The maximum Gasteiger partial charge on any atom is 0.244 e. The molecule has 1 aromatic rings. The Hall–Kier alpha value is -1.43. The first-order valence-electron chi connectivity index (χ1n) is 6.04. The zero-order valence-electron chi connectivity index (χ0n) is 10.1. The molecule has 1 aliphatic rings. The lowest BCUT2D eigenvalue weighted by atomic mass is 9.93. The van der Waals surface area contributed by atoms with Gasteiger partial charge < -0.3 is 10.6 Å². The lowest BCUT2D eigenvalue weighted by molar-refractivity contribution is -0.136. The van der Waals surface area contributed by atoms with E-state index in [1.54, 1.807) is 17.1 Å². The molecule has 0 aromatic carbocycles. The number of hydrogen-bond acceptors (Lipinski definition) is 4. The van der Waals surface area contributed by atoms with Crippen molar-refractivity contribution < 1.29 is 4.79 Å². The lowest BCUT2D eigenvalue weighted by Crippen LogP contribution is -2.48. The van der Waals surface area contributed by atoms with Crippen LogP contribution in [0.25, 0.3) is 0 Å². The minimum atomic E-state index is 0.0983. The molecule has 1 aliphatic heterocycles. The zero-order chi connectivity index (χ0) is 12.3. The second-order valence-electron chi connectivity index (χ2n) is 4.67. The summed E-state index contributed by atoms with van der Waals surface area (Å²) in [6.07, 6.45) is 5.43. The van der Waals surface area contributed by atoms with Gasteiger partial charge in [-0.25, -0.2) is 4.68 Å². The van der Waals surface area contributed by atoms with Crippen molar-refractivity contribution >= 4 is 5.91 Å². The maximum absolute atomic E-state index is 12.1. The molecule has 6 heteroatoms. The van der Waals surface area contributed by atoms with E-state index in [4.69, 9.17) is 5.73 Å². The van der Waals surface area contributed by atoms with Crippen LogP contribution in [0.5, 0.6) is 0 Å². The fourth-order valence-corrected chi connectivity index (χ4v) is 2.27. The van der Waals surface area contributed by atoms with E-state index in [9.17, 15) is 4.79 Å². The molecule has 6 nitrogen and oxygen atoms in total. The molecule has 0 spiro atoms. The molecule has 1 aromatic heterocycles. The normalized spacial score (nSPS) is 24.9. The Labute approximate surface area is 101 Å². The summed E-state index contributed by atoms with van der Waals surface area (Å²) >= 11 is 0. The van der Waals surface area contributed by atoms with Gasteiger partial charge in [-0.3, -0.25) is 4.79 Å². The van der Waals surface area contributed by atoms with Gasteiger partial charge in [0.05, 0.1) is 6.20 Å². The molecular weight excluding hydrogens is 218 g/mol.